The third-order valence-electron chi connectivity index (χ3n) is 2.65. The molecule has 0 saturated carbocycles. The van der Waals surface area contributed by atoms with Crippen LogP contribution in [0.15, 0.2) is 36.4 Å². The van der Waals surface area contributed by atoms with Crippen LogP contribution in [0.5, 0.6) is 0 Å². The summed E-state index contributed by atoms with van der Waals surface area (Å²) in [6.45, 7) is 0.652. The molecule has 0 radical (unpaired) electrons. The topological polar surface area (TPSA) is 12.0 Å². The Morgan fingerprint density at radius 2 is 1.78 bits per heavy atom. The molecule has 18 heavy (non-hydrogen) atoms. The van der Waals surface area contributed by atoms with E-state index in [0.29, 0.717) is 22.2 Å². The first-order valence-electron chi connectivity index (χ1n) is 5.50. The molecular weight excluding hydrogens is 272 g/mol. The maximum atomic E-state index is 13.3. The van der Waals surface area contributed by atoms with Crippen LogP contribution < -0.4 is 5.32 Å². The van der Waals surface area contributed by atoms with E-state index in [1.165, 1.54) is 12.1 Å². The van der Waals surface area contributed by atoms with Gasteiger partial charge in [0.15, 0.2) is 0 Å². The highest BCUT2D eigenvalue weighted by molar-refractivity contribution is 6.33. The van der Waals surface area contributed by atoms with Crippen molar-refractivity contribution in [1.29, 1.82) is 0 Å². The molecule has 0 bridgehead atoms. The number of nitrogens with one attached hydrogen (secondary N) is 1. The van der Waals surface area contributed by atoms with Gasteiger partial charge in [0.05, 0.1) is 0 Å². The molecule has 0 spiro atoms. The molecule has 2 aromatic rings. The van der Waals surface area contributed by atoms with Gasteiger partial charge in [-0.2, -0.15) is 0 Å². The number of benzene rings is 2. The fraction of sp³-hybridized carbons (Fsp3) is 0.143. The molecule has 0 aromatic heterocycles. The zero-order valence-corrected chi connectivity index (χ0v) is 11.3. The zero-order valence-electron chi connectivity index (χ0n) is 9.81. The first kappa shape index (κ1) is 13.3. The fourth-order valence-corrected chi connectivity index (χ4v) is 2.20. The van der Waals surface area contributed by atoms with Crippen LogP contribution in [-0.2, 0) is 6.54 Å². The monoisotopic (exact) mass is 283 g/mol. The molecule has 0 aliphatic rings. The third-order valence-corrected chi connectivity index (χ3v) is 3.35. The second-order valence-corrected chi connectivity index (χ2v) is 4.78. The van der Waals surface area contributed by atoms with Crippen LogP contribution in [0.1, 0.15) is 5.56 Å². The fourth-order valence-electron chi connectivity index (χ4n) is 1.79. The van der Waals surface area contributed by atoms with Gasteiger partial charge in [-0.05, 0) is 48.5 Å². The van der Waals surface area contributed by atoms with E-state index in [0.717, 1.165) is 11.1 Å². The van der Waals surface area contributed by atoms with Gasteiger partial charge in [0, 0.05) is 22.2 Å². The standard InChI is InChI=1S/C14H12Cl2FN/c1-18-8-10-6-9(2-4-13(10)15)12-7-11(17)3-5-14(12)16/h2-7,18H,8H2,1H3. The smallest absolute Gasteiger partial charge is 0.123 e. The van der Waals surface area contributed by atoms with Crippen molar-refractivity contribution in [3.8, 4) is 11.1 Å². The normalized spacial score (nSPS) is 10.7. The summed E-state index contributed by atoms with van der Waals surface area (Å²) in [7, 11) is 1.85. The summed E-state index contributed by atoms with van der Waals surface area (Å²) >= 11 is 12.2. The molecule has 2 aromatic carbocycles. The van der Waals surface area contributed by atoms with Crippen LogP contribution in [0, 0.1) is 5.82 Å². The molecule has 0 unspecified atom stereocenters. The quantitative estimate of drug-likeness (QED) is 0.873. The van der Waals surface area contributed by atoms with E-state index in [-0.39, 0.29) is 5.82 Å². The molecule has 0 atom stereocenters. The molecule has 0 amide bonds. The summed E-state index contributed by atoms with van der Waals surface area (Å²) < 4.78 is 13.3. The van der Waals surface area contributed by atoms with Crippen molar-refractivity contribution < 1.29 is 4.39 Å². The lowest BCUT2D eigenvalue weighted by atomic mass is 10.0. The lowest BCUT2D eigenvalue weighted by Crippen LogP contribution is -2.05. The van der Waals surface area contributed by atoms with Crippen LogP contribution in [0.25, 0.3) is 11.1 Å². The van der Waals surface area contributed by atoms with Crippen molar-refractivity contribution in [3.63, 3.8) is 0 Å². The SMILES string of the molecule is CNCc1cc(-c2cc(F)ccc2Cl)ccc1Cl. The molecule has 0 aliphatic carbocycles. The predicted octanol–water partition coefficient (Wildman–Crippen LogP) is 4.52. The Kier molecular flexibility index (Phi) is 4.23. The molecule has 1 nitrogen and oxygen atoms in total. The summed E-state index contributed by atoms with van der Waals surface area (Å²) in [5, 5.41) is 4.24. The van der Waals surface area contributed by atoms with Gasteiger partial charge in [0.25, 0.3) is 0 Å². The first-order valence-corrected chi connectivity index (χ1v) is 6.26. The number of hydrogen-bond donors (Lipinski definition) is 1. The van der Waals surface area contributed by atoms with Crippen LogP contribution in [0.3, 0.4) is 0 Å². The number of halogens is 3. The lowest BCUT2D eigenvalue weighted by molar-refractivity contribution is 0.628. The van der Waals surface area contributed by atoms with Gasteiger partial charge in [-0.3, -0.25) is 0 Å². The van der Waals surface area contributed by atoms with Gasteiger partial charge in [0.2, 0.25) is 0 Å². The van der Waals surface area contributed by atoms with E-state index in [4.69, 9.17) is 23.2 Å². The minimum atomic E-state index is -0.306. The molecule has 2 rings (SSSR count). The van der Waals surface area contributed by atoms with Crippen LogP contribution in [0.2, 0.25) is 10.0 Å². The molecule has 0 fully saturated rings. The highest BCUT2D eigenvalue weighted by atomic mass is 35.5. The molecular formula is C14H12Cl2FN. The molecule has 4 heteroatoms. The van der Waals surface area contributed by atoms with Crippen LogP contribution >= 0.6 is 23.2 Å². The Morgan fingerprint density at radius 1 is 1.06 bits per heavy atom. The number of hydrogen-bond acceptors (Lipinski definition) is 1. The number of rotatable bonds is 3. The van der Waals surface area contributed by atoms with Crippen molar-refractivity contribution >= 4 is 23.2 Å². The van der Waals surface area contributed by atoms with Gasteiger partial charge in [0.1, 0.15) is 5.82 Å². The van der Waals surface area contributed by atoms with Gasteiger partial charge in [-0.1, -0.05) is 29.3 Å². The van der Waals surface area contributed by atoms with Crippen molar-refractivity contribution in [3.05, 3.63) is 57.8 Å². The molecule has 0 heterocycles. The van der Waals surface area contributed by atoms with Crippen LogP contribution in [0.4, 0.5) is 4.39 Å². The van der Waals surface area contributed by atoms with Crippen LogP contribution in [-0.4, -0.2) is 7.05 Å². The second kappa shape index (κ2) is 5.70. The van der Waals surface area contributed by atoms with E-state index >= 15 is 0 Å². The molecule has 1 N–H and O–H groups in total. The zero-order chi connectivity index (χ0) is 13.1. The van der Waals surface area contributed by atoms with E-state index < -0.39 is 0 Å². The summed E-state index contributed by atoms with van der Waals surface area (Å²) in [4.78, 5) is 0. The summed E-state index contributed by atoms with van der Waals surface area (Å²) in [5.41, 5.74) is 2.48. The summed E-state index contributed by atoms with van der Waals surface area (Å²) in [5.74, 6) is -0.306. The first-order chi connectivity index (χ1) is 8.61. The van der Waals surface area contributed by atoms with Crippen molar-refractivity contribution in [2.75, 3.05) is 7.05 Å². The second-order valence-electron chi connectivity index (χ2n) is 3.96. The van der Waals surface area contributed by atoms with Gasteiger partial charge in [-0.25, -0.2) is 4.39 Å². The maximum absolute atomic E-state index is 13.3. The Labute approximate surface area is 116 Å². The van der Waals surface area contributed by atoms with Crippen molar-refractivity contribution in [2.24, 2.45) is 0 Å². The van der Waals surface area contributed by atoms with E-state index in [9.17, 15) is 4.39 Å². The van der Waals surface area contributed by atoms with Gasteiger partial charge < -0.3 is 5.32 Å². The highest BCUT2D eigenvalue weighted by Gasteiger charge is 2.08. The molecule has 0 aliphatic heterocycles. The van der Waals surface area contributed by atoms with E-state index in [1.54, 1.807) is 12.1 Å². The molecule has 94 valence electrons. The Bertz CT molecular complexity index is 570. The Hall–Kier alpha value is -1.09. The Morgan fingerprint density at radius 3 is 2.50 bits per heavy atom. The van der Waals surface area contributed by atoms with Gasteiger partial charge >= 0.3 is 0 Å². The average Bonchev–Trinajstić information content (AvgIpc) is 2.35. The van der Waals surface area contributed by atoms with E-state index in [2.05, 4.69) is 5.32 Å². The van der Waals surface area contributed by atoms with Gasteiger partial charge in [-0.15, -0.1) is 0 Å². The third kappa shape index (κ3) is 2.83. The summed E-state index contributed by atoms with van der Waals surface area (Å²) in [6, 6.07) is 9.87. The largest absolute Gasteiger partial charge is 0.316 e. The predicted molar refractivity (Wildman–Crippen MR) is 74.6 cm³/mol. The molecule has 0 saturated heterocycles. The lowest BCUT2D eigenvalue weighted by Gasteiger charge is -2.09. The maximum Gasteiger partial charge on any atom is 0.123 e. The average molecular weight is 284 g/mol. The highest BCUT2D eigenvalue weighted by Crippen LogP contribution is 2.31. The minimum absolute atomic E-state index is 0.306. The van der Waals surface area contributed by atoms with Crippen molar-refractivity contribution in [1.82, 2.24) is 5.32 Å². The van der Waals surface area contributed by atoms with Crippen molar-refractivity contribution in [2.45, 2.75) is 6.54 Å². The van der Waals surface area contributed by atoms with E-state index in [1.807, 2.05) is 19.2 Å². The Balaban J connectivity index is 2.50. The minimum Gasteiger partial charge on any atom is -0.316 e. The summed E-state index contributed by atoms with van der Waals surface area (Å²) in [6.07, 6.45) is 0.